The molecule has 2 aliphatic heterocycles. The number of benzene rings is 2. The van der Waals surface area contributed by atoms with Crippen molar-refractivity contribution >= 4 is 27.5 Å². The van der Waals surface area contributed by atoms with Gasteiger partial charge in [0.25, 0.3) is 0 Å². The summed E-state index contributed by atoms with van der Waals surface area (Å²) in [6.07, 6.45) is 14.8. The maximum absolute atomic E-state index is 16.6. The molecule has 1 saturated carbocycles. The van der Waals surface area contributed by atoms with E-state index >= 15 is 4.39 Å². The first-order valence-electron chi connectivity index (χ1n) is 15.4. The predicted octanol–water partition coefficient (Wildman–Crippen LogP) is 6.90. The topological polar surface area (TPSA) is 83.4 Å². The van der Waals surface area contributed by atoms with E-state index in [1.807, 2.05) is 0 Å². The highest BCUT2D eigenvalue weighted by Gasteiger charge is 2.49. The molecule has 3 fully saturated rings. The highest BCUT2D eigenvalue weighted by molar-refractivity contribution is 6.03. The van der Waals surface area contributed by atoms with Crippen LogP contribution in [0.4, 0.5) is 19.0 Å². The Hall–Kier alpha value is -4.10. The molecule has 4 aromatic rings. The third-order valence-corrected chi connectivity index (χ3v) is 9.54. The highest BCUT2D eigenvalue weighted by atomic mass is 19.1. The van der Waals surface area contributed by atoms with Gasteiger partial charge in [0, 0.05) is 36.2 Å². The van der Waals surface area contributed by atoms with Gasteiger partial charge in [-0.25, -0.2) is 13.2 Å². The van der Waals surface area contributed by atoms with Crippen LogP contribution in [0.2, 0.25) is 0 Å². The van der Waals surface area contributed by atoms with Crippen molar-refractivity contribution in [3.05, 3.63) is 47.7 Å². The third-order valence-electron chi connectivity index (χ3n) is 9.54. The van der Waals surface area contributed by atoms with Crippen LogP contribution in [0.1, 0.15) is 63.4 Å². The van der Waals surface area contributed by atoms with Gasteiger partial charge < -0.3 is 15.2 Å². The fraction of sp³-hybridized carbons (Fsp3) is 0.441. The molecule has 228 valence electrons. The molecular formula is C34H34F3N5O2. The molecule has 0 bridgehead atoms. The van der Waals surface area contributed by atoms with Gasteiger partial charge in [-0.1, -0.05) is 37.7 Å². The molecule has 0 spiro atoms. The normalized spacial score (nSPS) is 22.6. The summed E-state index contributed by atoms with van der Waals surface area (Å²) in [7, 11) is 0. The number of ether oxygens (including phenoxy) is 1. The number of hydrogen-bond donors (Lipinski definition) is 2. The van der Waals surface area contributed by atoms with Crippen molar-refractivity contribution < 1.29 is 23.0 Å². The van der Waals surface area contributed by atoms with Gasteiger partial charge in [0.15, 0.2) is 5.82 Å². The lowest BCUT2D eigenvalue weighted by Crippen LogP contribution is -2.43. The van der Waals surface area contributed by atoms with Gasteiger partial charge >= 0.3 is 6.01 Å². The fourth-order valence-electron chi connectivity index (χ4n) is 7.42. The minimum atomic E-state index is -0.912. The van der Waals surface area contributed by atoms with E-state index in [2.05, 4.69) is 31.1 Å². The number of alkyl halides is 1. The molecule has 1 aliphatic carbocycles. The Balaban J connectivity index is 1.35. The Morgan fingerprint density at radius 1 is 1.11 bits per heavy atom. The number of phenolic OH excluding ortho intramolecular Hbond substituents is 1. The molecule has 7 rings (SSSR count). The second-order valence-electron chi connectivity index (χ2n) is 12.4. The average Bonchev–Trinajstić information content (AvgIpc) is 3.40. The van der Waals surface area contributed by atoms with Crippen LogP contribution in [0, 0.1) is 24.0 Å². The Bertz CT molecular complexity index is 1790. The number of nitrogens with one attached hydrogen (secondary N) is 1. The lowest BCUT2D eigenvalue weighted by atomic mass is 9.95. The maximum Gasteiger partial charge on any atom is 0.319 e. The number of anilines is 1. The molecular weight excluding hydrogens is 567 g/mol. The third kappa shape index (κ3) is 5.07. The average molecular weight is 602 g/mol. The summed E-state index contributed by atoms with van der Waals surface area (Å²) in [5, 5.41) is 15.1. The summed E-state index contributed by atoms with van der Waals surface area (Å²) in [6.45, 7) is 1.40. The van der Waals surface area contributed by atoms with E-state index in [-0.39, 0.29) is 52.1 Å². The first kappa shape index (κ1) is 28.7. The lowest BCUT2D eigenvalue weighted by Gasteiger charge is -2.30. The van der Waals surface area contributed by atoms with Gasteiger partial charge in [0.1, 0.15) is 41.4 Å². The number of fused-ring (bicyclic) bond motifs is 3. The van der Waals surface area contributed by atoms with Crippen molar-refractivity contribution in [2.24, 2.45) is 0 Å². The van der Waals surface area contributed by atoms with E-state index in [1.54, 1.807) is 0 Å². The number of pyridine rings is 1. The molecule has 10 heteroatoms. The molecule has 44 heavy (non-hydrogen) atoms. The molecule has 4 heterocycles. The molecule has 0 unspecified atom stereocenters. The smallest absolute Gasteiger partial charge is 0.319 e. The van der Waals surface area contributed by atoms with E-state index in [9.17, 15) is 13.9 Å². The van der Waals surface area contributed by atoms with E-state index in [1.165, 1.54) is 43.3 Å². The Kier molecular flexibility index (Phi) is 7.45. The molecule has 2 aromatic carbocycles. The number of halogens is 3. The predicted molar refractivity (Wildman–Crippen MR) is 163 cm³/mol. The number of nitrogens with zero attached hydrogens (tertiary/aromatic N) is 4. The van der Waals surface area contributed by atoms with Crippen molar-refractivity contribution in [2.45, 2.75) is 75.5 Å². The monoisotopic (exact) mass is 601 g/mol. The SMILES string of the molecule is C#Cc1c(F)ccc2cc(O)cc(-c3ncc4c(NC5CCCCCC5)nc(OC[C@@]56CCCN5C[C@H](F)C6)nc4c3F)c12. The molecule has 2 atom stereocenters. The van der Waals surface area contributed by atoms with Crippen molar-refractivity contribution in [2.75, 3.05) is 25.0 Å². The summed E-state index contributed by atoms with van der Waals surface area (Å²) in [6, 6.07) is 5.60. The van der Waals surface area contributed by atoms with E-state index in [4.69, 9.17) is 11.2 Å². The van der Waals surface area contributed by atoms with Crippen molar-refractivity contribution in [1.82, 2.24) is 19.9 Å². The minimum absolute atomic E-state index is 0.00988. The molecule has 3 aliphatic rings. The van der Waals surface area contributed by atoms with E-state index in [0.717, 1.165) is 45.1 Å². The van der Waals surface area contributed by atoms with Crippen molar-refractivity contribution in [1.29, 1.82) is 0 Å². The Labute approximate surface area is 253 Å². The quantitative estimate of drug-likeness (QED) is 0.184. The van der Waals surface area contributed by atoms with Crippen LogP contribution in [0.15, 0.2) is 30.5 Å². The first-order valence-corrected chi connectivity index (χ1v) is 15.4. The van der Waals surface area contributed by atoms with Gasteiger partial charge in [0.05, 0.1) is 16.5 Å². The van der Waals surface area contributed by atoms with Crippen LogP contribution >= 0.6 is 0 Å². The van der Waals surface area contributed by atoms with Crippen LogP contribution < -0.4 is 10.1 Å². The molecule has 2 saturated heterocycles. The summed E-state index contributed by atoms with van der Waals surface area (Å²) < 4.78 is 52.0. The number of aromatic nitrogens is 3. The summed E-state index contributed by atoms with van der Waals surface area (Å²) in [5.74, 6) is 1.23. The molecule has 0 radical (unpaired) electrons. The number of aromatic hydroxyl groups is 1. The largest absolute Gasteiger partial charge is 0.508 e. The van der Waals surface area contributed by atoms with E-state index in [0.29, 0.717) is 29.6 Å². The number of terminal acetylenes is 1. The summed E-state index contributed by atoms with van der Waals surface area (Å²) in [5.41, 5.74) is -0.495. The van der Waals surface area contributed by atoms with Crippen LogP contribution in [0.3, 0.4) is 0 Å². The van der Waals surface area contributed by atoms with Gasteiger partial charge in [0.2, 0.25) is 0 Å². The van der Waals surface area contributed by atoms with Gasteiger partial charge in [-0.05, 0) is 55.8 Å². The molecule has 2 aromatic heterocycles. The van der Waals surface area contributed by atoms with E-state index < -0.39 is 23.3 Å². The summed E-state index contributed by atoms with van der Waals surface area (Å²) in [4.78, 5) is 15.8. The Morgan fingerprint density at radius 2 is 1.93 bits per heavy atom. The highest BCUT2D eigenvalue weighted by Crippen LogP contribution is 2.41. The second kappa shape index (κ2) is 11.4. The summed E-state index contributed by atoms with van der Waals surface area (Å²) >= 11 is 0. The number of hydrogen-bond acceptors (Lipinski definition) is 7. The zero-order valence-electron chi connectivity index (χ0n) is 24.4. The van der Waals surface area contributed by atoms with Crippen LogP contribution in [0.5, 0.6) is 11.8 Å². The zero-order valence-corrected chi connectivity index (χ0v) is 24.4. The zero-order chi connectivity index (χ0) is 30.4. The Morgan fingerprint density at radius 3 is 2.73 bits per heavy atom. The van der Waals surface area contributed by atoms with Crippen molar-refractivity contribution in [3.8, 4) is 35.4 Å². The van der Waals surface area contributed by atoms with Gasteiger partial charge in [-0.3, -0.25) is 9.88 Å². The number of phenols is 1. The van der Waals surface area contributed by atoms with Crippen molar-refractivity contribution in [3.63, 3.8) is 0 Å². The van der Waals surface area contributed by atoms with Gasteiger partial charge in [-0.15, -0.1) is 6.42 Å². The number of rotatable bonds is 6. The standard InChI is InChI=1S/C34H34F3N5O2/c1-2-24-27(36)11-10-20-14-23(43)15-25(28(20)24)30-29(37)31-26(17-38-30)32(39-22-8-5-3-4-6-9-22)41-33(40-31)44-19-34-12-7-13-42(34)18-21(35)16-34/h1,10-11,14-15,17,21-22,43H,3-9,12-13,16,18-19H2,(H,39,40,41)/t21-,34+/m1/s1. The molecule has 0 amide bonds. The minimum Gasteiger partial charge on any atom is -0.508 e. The maximum atomic E-state index is 16.6. The second-order valence-corrected chi connectivity index (χ2v) is 12.4. The fourth-order valence-corrected chi connectivity index (χ4v) is 7.42. The van der Waals surface area contributed by atoms with Crippen LogP contribution in [-0.4, -0.2) is 62.4 Å². The first-order chi connectivity index (χ1) is 21.3. The molecule has 7 nitrogen and oxygen atoms in total. The lowest BCUT2D eigenvalue weighted by molar-refractivity contribution is 0.107. The van der Waals surface area contributed by atoms with Crippen LogP contribution in [0.25, 0.3) is 32.9 Å². The van der Waals surface area contributed by atoms with Crippen LogP contribution in [-0.2, 0) is 0 Å². The molecule has 2 N–H and O–H groups in total. The van der Waals surface area contributed by atoms with Gasteiger partial charge in [-0.2, -0.15) is 9.97 Å².